The van der Waals surface area contributed by atoms with Crippen LogP contribution in [-0.2, 0) is 12.1 Å². The van der Waals surface area contributed by atoms with Crippen LogP contribution in [0.1, 0.15) is 62.1 Å². The molecule has 0 unspecified atom stereocenters. The normalized spacial score (nSPS) is 14.6. The summed E-state index contributed by atoms with van der Waals surface area (Å²) in [4.78, 5) is 0. The van der Waals surface area contributed by atoms with E-state index in [0.717, 1.165) is 0 Å². The molecule has 1 aromatic heterocycles. The van der Waals surface area contributed by atoms with Gasteiger partial charge in [0.2, 0.25) is 5.69 Å². The molecule has 1 aliphatic carbocycles. The third-order valence-electron chi connectivity index (χ3n) is 10.5. The van der Waals surface area contributed by atoms with Gasteiger partial charge in [-0.05, 0) is 76.1 Å². The summed E-state index contributed by atoms with van der Waals surface area (Å²) in [6.45, 7) is 12.3. The molecule has 0 radical (unpaired) electrons. The predicted octanol–water partition coefficient (Wildman–Crippen LogP) is 9.40. The van der Waals surface area contributed by atoms with E-state index in [2.05, 4.69) is 149 Å². The van der Waals surface area contributed by atoms with Crippen molar-refractivity contribution < 1.29 is 4.57 Å². The number of aryl methyl sites for hydroxylation is 1. The maximum atomic E-state index is 2.53. The highest BCUT2D eigenvalue weighted by Crippen LogP contribution is 2.42. The quantitative estimate of drug-likeness (QED) is 0.145. The Balaban J connectivity index is 1.52. The van der Waals surface area contributed by atoms with Gasteiger partial charge in [-0.3, -0.25) is 0 Å². The van der Waals surface area contributed by atoms with Gasteiger partial charge in [-0.25, -0.2) is 4.57 Å². The molecule has 1 fully saturated rings. The first kappa shape index (κ1) is 27.7. The molecule has 6 rings (SSSR count). The molecule has 0 N–H and O–H groups in total. The lowest BCUT2D eigenvalue weighted by Crippen LogP contribution is -2.57. The highest BCUT2D eigenvalue weighted by Gasteiger charge is 2.42. The van der Waals surface area contributed by atoms with Gasteiger partial charge in [-0.15, -0.1) is 0 Å². The Bertz CT molecular complexity index is 1690. The molecule has 208 valence electrons. The number of nitrogens with zero attached hydrogens (tertiary/aromatic N) is 1. The Hall–Kier alpha value is -3.49. The van der Waals surface area contributed by atoms with Crippen LogP contribution in [0, 0.1) is 6.92 Å². The standard InChI is InChI=1S/C39H44NSi/c1-28-36(30-17-13-14-18-30)26-32(29-15-9-7-10-16-29)27-37(28)38-35-22-21-34(25-31(35)23-24-40(38)4)41(5,6)39(2,3)33-19-11-8-12-20-33/h7-12,15-16,19-27,30H,13-14,17-18H2,1-6H3/q+1. The van der Waals surface area contributed by atoms with Crippen molar-refractivity contribution in [2.24, 2.45) is 7.05 Å². The molecule has 0 aliphatic heterocycles. The topological polar surface area (TPSA) is 3.88 Å². The van der Waals surface area contributed by atoms with Crippen molar-refractivity contribution in [3.63, 3.8) is 0 Å². The van der Waals surface area contributed by atoms with Crippen molar-refractivity contribution in [3.8, 4) is 22.4 Å². The Kier molecular flexibility index (Phi) is 7.24. The smallest absolute Gasteiger partial charge is 0.200 e. The van der Waals surface area contributed by atoms with Crippen LogP contribution in [0.3, 0.4) is 0 Å². The van der Waals surface area contributed by atoms with Gasteiger partial charge in [0, 0.05) is 6.07 Å². The fourth-order valence-corrected chi connectivity index (χ4v) is 9.74. The van der Waals surface area contributed by atoms with Gasteiger partial charge >= 0.3 is 0 Å². The maximum absolute atomic E-state index is 2.53. The Morgan fingerprint density at radius 2 is 1.41 bits per heavy atom. The second kappa shape index (κ2) is 10.7. The molecule has 41 heavy (non-hydrogen) atoms. The molecule has 0 bridgehead atoms. The number of pyridine rings is 1. The van der Waals surface area contributed by atoms with Crippen LogP contribution in [0.5, 0.6) is 0 Å². The van der Waals surface area contributed by atoms with Crippen molar-refractivity contribution in [1.29, 1.82) is 0 Å². The van der Waals surface area contributed by atoms with Crippen LogP contribution >= 0.6 is 0 Å². The largest absolute Gasteiger partial charge is 0.220 e. The lowest BCUT2D eigenvalue weighted by atomic mass is 9.85. The number of rotatable bonds is 6. The first-order valence-electron chi connectivity index (χ1n) is 15.4. The first-order valence-corrected chi connectivity index (χ1v) is 18.4. The van der Waals surface area contributed by atoms with E-state index in [9.17, 15) is 0 Å². The van der Waals surface area contributed by atoms with Crippen LogP contribution in [0.4, 0.5) is 0 Å². The predicted molar refractivity (Wildman–Crippen MR) is 179 cm³/mol. The van der Waals surface area contributed by atoms with Crippen LogP contribution in [0.25, 0.3) is 33.2 Å². The summed E-state index contributed by atoms with van der Waals surface area (Å²) in [7, 11) is 0.339. The summed E-state index contributed by atoms with van der Waals surface area (Å²) in [5.41, 5.74) is 9.76. The highest BCUT2D eigenvalue weighted by atomic mass is 28.3. The average molecular weight is 555 g/mol. The molecule has 0 amide bonds. The monoisotopic (exact) mass is 554 g/mol. The minimum atomic E-state index is -1.87. The summed E-state index contributed by atoms with van der Waals surface area (Å²) in [6.07, 6.45) is 7.57. The van der Waals surface area contributed by atoms with Crippen molar-refractivity contribution >= 4 is 24.0 Å². The number of benzene rings is 4. The van der Waals surface area contributed by atoms with Crippen LogP contribution in [-0.4, -0.2) is 8.07 Å². The number of aromatic nitrogens is 1. The molecular formula is C39H44NSi+. The highest BCUT2D eigenvalue weighted by molar-refractivity contribution is 6.92. The van der Waals surface area contributed by atoms with Gasteiger partial charge in [0.1, 0.15) is 7.05 Å². The number of hydrogen-bond acceptors (Lipinski definition) is 0. The third-order valence-corrected chi connectivity index (χ3v) is 15.7. The SMILES string of the molecule is Cc1c(-c2c3ccc([Si](C)(C)C(C)(C)c4ccccc4)cc3cc[n+]2C)cc(-c2ccccc2)cc1C1CCCC1. The van der Waals surface area contributed by atoms with Gasteiger partial charge in [0.25, 0.3) is 0 Å². The minimum Gasteiger partial charge on any atom is -0.200 e. The lowest BCUT2D eigenvalue weighted by molar-refractivity contribution is -0.659. The Morgan fingerprint density at radius 1 is 0.756 bits per heavy atom. The molecule has 4 aromatic carbocycles. The molecule has 0 saturated heterocycles. The summed E-state index contributed by atoms with van der Waals surface area (Å²) in [6, 6.07) is 36.6. The van der Waals surface area contributed by atoms with Gasteiger partial charge in [-0.2, -0.15) is 0 Å². The van der Waals surface area contributed by atoms with Crippen molar-refractivity contribution in [2.45, 2.75) is 70.5 Å². The van der Waals surface area contributed by atoms with E-state index in [-0.39, 0.29) is 5.04 Å². The molecule has 1 heterocycles. The van der Waals surface area contributed by atoms with E-state index in [1.54, 1.807) is 5.56 Å². The van der Waals surface area contributed by atoms with Gasteiger partial charge in [0.05, 0.1) is 19.0 Å². The number of fused-ring (bicyclic) bond motifs is 1. The van der Waals surface area contributed by atoms with E-state index in [1.807, 2.05) is 0 Å². The van der Waals surface area contributed by atoms with Gasteiger partial charge in [-0.1, -0.05) is 124 Å². The minimum absolute atomic E-state index is 0.112. The van der Waals surface area contributed by atoms with E-state index in [4.69, 9.17) is 0 Å². The molecule has 1 saturated carbocycles. The second-order valence-electron chi connectivity index (χ2n) is 13.3. The molecular weight excluding hydrogens is 511 g/mol. The molecule has 0 atom stereocenters. The summed E-state index contributed by atoms with van der Waals surface area (Å²) in [5, 5.41) is 4.31. The van der Waals surface area contributed by atoms with E-state index < -0.39 is 8.07 Å². The van der Waals surface area contributed by atoms with E-state index in [1.165, 1.54) is 75.2 Å². The fraction of sp³-hybridized carbons (Fsp3) is 0.308. The summed E-state index contributed by atoms with van der Waals surface area (Å²) < 4.78 is 2.34. The van der Waals surface area contributed by atoms with Crippen LogP contribution in [0.2, 0.25) is 13.1 Å². The van der Waals surface area contributed by atoms with Crippen LogP contribution in [0.15, 0.2) is 103 Å². The van der Waals surface area contributed by atoms with Crippen molar-refractivity contribution in [2.75, 3.05) is 0 Å². The molecule has 2 heteroatoms. The van der Waals surface area contributed by atoms with Crippen molar-refractivity contribution in [3.05, 3.63) is 120 Å². The average Bonchev–Trinajstić information content (AvgIpc) is 3.53. The van der Waals surface area contributed by atoms with E-state index >= 15 is 0 Å². The first-order chi connectivity index (χ1) is 19.7. The zero-order valence-electron chi connectivity index (χ0n) is 25.7. The Labute approximate surface area is 247 Å². The lowest BCUT2D eigenvalue weighted by Gasteiger charge is -2.41. The fourth-order valence-electron chi connectivity index (χ4n) is 7.11. The van der Waals surface area contributed by atoms with Crippen LogP contribution < -0.4 is 9.75 Å². The third kappa shape index (κ3) is 4.87. The zero-order chi connectivity index (χ0) is 28.8. The van der Waals surface area contributed by atoms with Gasteiger partial charge < -0.3 is 0 Å². The molecule has 5 aromatic rings. The van der Waals surface area contributed by atoms with Gasteiger partial charge in [0.15, 0.2) is 6.20 Å². The Morgan fingerprint density at radius 3 is 2.10 bits per heavy atom. The molecule has 0 spiro atoms. The zero-order valence-corrected chi connectivity index (χ0v) is 26.7. The van der Waals surface area contributed by atoms with Crippen molar-refractivity contribution in [1.82, 2.24) is 0 Å². The summed E-state index contributed by atoms with van der Waals surface area (Å²) >= 11 is 0. The summed E-state index contributed by atoms with van der Waals surface area (Å²) in [5.74, 6) is 0.663. The van der Waals surface area contributed by atoms with E-state index in [0.29, 0.717) is 5.92 Å². The number of hydrogen-bond donors (Lipinski definition) is 0. The molecule has 1 aliphatic rings. The molecule has 1 nitrogen and oxygen atoms in total. The second-order valence-corrected chi connectivity index (χ2v) is 18.4. The maximum Gasteiger partial charge on any atom is 0.220 e.